The van der Waals surface area contributed by atoms with E-state index in [1.807, 2.05) is 24.3 Å². The van der Waals surface area contributed by atoms with Crippen LogP contribution in [-0.2, 0) is 9.31 Å². The van der Waals surface area contributed by atoms with Gasteiger partial charge in [-0.3, -0.25) is 0 Å². The number of hydrogen-bond donors (Lipinski definition) is 0. The predicted molar refractivity (Wildman–Crippen MR) is 77.9 cm³/mol. The minimum atomic E-state index is -0.215. The maximum absolute atomic E-state index is 5.82. The van der Waals surface area contributed by atoms with E-state index in [0.717, 1.165) is 24.4 Å². The normalized spacial score (nSPS) is 16.6. The summed E-state index contributed by atoms with van der Waals surface area (Å²) in [6, 6.07) is 7.88. The van der Waals surface area contributed by atoms with Gasteiger partial charge in [0.05, 0.1) is 7.11 Å². The van der Waals surface area contributed by atoms with Crippen molar-refractivity contribution in [2.24, 2.45) is 5.92 Å². The molecule has 19 heavy (non-hydrogen) atoms. The molecule has 1 saturated heterocycles. The van der Waals surface area contributed by atoms with Crippen molar-refractivity contribution in [1.29, 1.82) is 0 Å². The van der Waals surface area contributed by atoms with Gasteiger partial charge in [-0.2, -0.15) is 0 Å². The second-order valence-electron chi connectivity index (χ2n) is 5.13. The summed E-state index contributed by atoms with van der Waals surface area (Å²) in [7, 11) is 1.46. The van der Waals surface area contributed by atoms with E-state index in [1.165, 1.54) is 25.7 Å². The summed E-state index contributed by atoms with van der Waals surface area (Å²) in [6.07, 6.45) is 5.06. The number of methoxy groups -OCH3 is 1. The lowest BCUT2D eigenvalue weighted by molar-refractivity contribution is 0.0811. The van der Waals surface area contributed by atoms with Crippen molar-refractivity contribution < 1.29 is 14.0 Å². The molecule has 104 valence electrons. The van der Waals surface area contributed by atoms with E-state index in [-0.39, 0.29) is 7.12 Å². The molecule has 0 spiro atoms. The molecule has 0 unspecified atom stereocenters. The topological polar surface area (TPSA) is 27.7 Å². The third-order valence-corrected chi connectivity index (χ3v) is 3.57. The van der Waals surface area contributed by atoms with Crippen LogP contribution in [0.25, 0.3) is 0 Å². The van der Waals surface area contributed by atoms with Crippen molar-refractivity contribution in [3.05, 3.63) is 24.3 Å². The van der Waals surface area contributed by atoms with E-state index in [1.54, 1.807) is 7.11 Å². The summed E-state index contributed by atoms with van der Waals surface area (Å²) >= 11 is 0. The van der Waals surface area contributed by atoms with E-state index >= 15 is 0 Å². The highest BCUT2D eigenvalue weighted by Gasteiger charge is 2.28. The first-order valence-corrected chi connectivity index (χ1v) is 7.20. The molecule has 3 nitrogen and oxygen atoms in total. The Kier molecular flexibility index (Phi) is 5.74. The van der Waals surface area contributed by atoms with Gasteiger partial charge in [0.2, 0.25) is 0 Å². The van der Waals surface area contributed by atoms with Gasteiger partial charge in [0, 0.05) is 19.1 Å². The largest absolute Gasteiger partial charge is 0.497 e. The Morgan fingerprint density at radius 3 is 2.42 bits per heavy atom. The van der Waals surface area contributed by atoms with Crippen LogP contribution < -0.4 is 10.2 Å². The van der Waals surface area contributed by atoms with E-state index in [0.29, 0.717) is 5.92 Å². The average Bonchev–Trinajstić information content (AvgIpc) is 2.48. The molecule has 0 N–H and O–H groups in total. The molecule has 0 aromatic heterocycles. The highest BCUT2D eigenvalue weighted by molar-refractivity contribution is 6.61. The predicted octanol–water partition coefficient (Wildman–Crippen LogP) is 2.63. The number of hydrogen-bond acceptors (Lipinski definition) is 3. The molecule has 0 atom stereocenters. The fourth-order valence-corrected chi connectivity index (χ4v) is 2.35. The Morgan fingerprint density at radius 1 is 1.16 bits per heavy atom. The first-order valence-electron chi connectivity index (χ1n) is 7.20. The van der Waals surface area contributed by atoms with E-state index in [2.05, 4.69) is 6.92 Å². The second kappa shape index (κ2) is 7.56. The zero-order chi connectivity index (χ0) is 13.5. The van der Waals surface area contributed by atoms with Crippen LogP contribution in [0.4, 0.5) is 0 Å². The maximum Gasteiger partial charge on any atom is 0.493 e. The van der Waals surface area contributed by atoms with Crippen molar-refractivity contribution in [2.45, 2.75) is 32.6 Å². The maximum atomic E-state index is 5.82. The minimum Gasteiger partial charge on any atom is -0.497 e. The highest BCUT2D eigenvalue weighted by atomic mass is 16.6. The van der Waals surface area contributed by atoms with Crippen molar-refractivity contribution in [2.75, 3.05) is 20.3 Å². The number of ether oxygens (including phenoxy) is 1. The molecule has 1 aliphatic heterocycles. The first kappa shape index (κ1) is 14.4. The lowest BCUT2D eigenvalue weighted by Gasteiger charge is -2.27. The Balaban J connectivity index is 1.78. The number of benzene rings is 1. The van der Waals surface area contributed by atoms with Gasteiger partial charge in [-0.25, -0.2) is 0 Å². The highest BCUT2D eigenvalue weighted by Crippen LogP contribution is 2.16. The Labute approximate surface area is 116 Å². The summed E-state index contributed by atoms with van der Waals surface area (Å²) in [5.41, 5.74) is 1.06. The molecule has 0 saturated carbocycles. The van der Waals surface area contributed by atoms with Crippen molar-refractivity contribution in [3.63, 3.8) is 0 Å². The third kappa shape index (κ3) is 4.25. The standard InChI is InChI=1S/C15H23BO3/c1-3-4-5-6-13-11-18-16(19-12-13)14-7-9-15(17-2)10-8-14/h7-10,13H,3-6,11-12H2,1-2H3. The molecular weight excluding hydrogens is 239 g/mol. The van der Waals surface area contributed by atoms with E-state index in [4.69, 9.17) is 14.0 Å². The molecule has 1 fully saturated rings. The number of unbranched alkanes of at least 4 members (excludes halogenated alkanes) is 2. The van der Waals surface area contributed by atoms with Gasteiger partial charge < -0.3 is 14.0 Å². The molecule has 0 bridgehead atoms. The average molecular weight is 262 g/mol. The summed E-state index contributed by atoms with van der Waals surface area (Å²) < 4.78 is 16.8. The second-order valence-corrected chi connectivity index (χ2v) is 5.13. The Hall–Kier alpha value is -0.995. The SMILES string of the molecule is CCCCCC1COB(c2ccc(OC)cc2)OC1. The fourth-order valence-electron chi connectivity index (χ4n) is 2.35. The smallest absolute Gasteiger partial charge is 0.493 e. The summed E-state index contributed by atoms with van der Waals surface area (Å²) in [4.78, 5) is 0. The zero-order valence-electron chi connectivity index (χ0n) is 11.9. The third-order valence-electron chi connectivity index (χ3n) is 3.57. The van der Waals surface area contributed by atoms with Crippen LogP contribution in [0.15, 0.2) is 24.3 Å². The summed E-state index contributed by atoms with van der Waals surface area (Å²) in [5.74, 6) is 1.41. The van der Waals surface area contributed by atoms with E-state index < -0.39 is 0 Å². The Bertz CT molecular complexity index is 358. The fraction of sp³-hybridized carbons (Fsp3) is 0.600. The van der Waals surface area contributed by atoms with Gasteiger partial charge >= 0.3 is 7.12 Å². The quantitative estimate of drug-likeness (QED) is 0.582. The monoisotopic (exact) mass is 262 g/mol. The van der Waals surface area contributed by atoms with Crippen LogP contribution in [0.3, 0.4) is 0 Å². The van der Waals surface area contributed by atoms with Gasteiger partial charge in [0.1, 0.15) is 5.75 Å². The van der Waals surface area contributed by atoms with Gasteiger partial charge in [-0.05, 0) is 24.0 Å². The van der Waals surface area contributed by atoms with Crippen molar-refractivity contribution in [1.82, 2.24) is 0 Å². The molecule has 1 heterocycles. The summed E-state index contributed by atoms with van der Waals surface area (Å²) in [5, 5.41) is 0. The summed E-state index contributed by atoms with van der Waals surface area (Å²) in [6.45, 7) is 3.84. The number of rotatable bonds is 6. The van der Waals surface area contributed by atoms with Crippen molar-refractivity contribution >= 4 is 12.6 Å². The zero-order valence-corrected chi connectivity index (χ0v) is 11.9. The lowest BCUT2D eigenvalue weighted by atomic mass is 9.77. The Morgan fingerprint density at radius 2 is 1.84 bits per heavy atom. The van der Waals surface area contributed by atoms with Crippen LogP contribution in [-0.4, -0.2) is 27.4 Å². The van der Waals surface area contributed by atoms with Gasteiger partial charge in [-0.1, -0.05) is 38.3 Å². The first-order chi connectivity index (χ1) is 9.33. The van der Waals surface area contributed by atoms with Crippen molar-refractivity contribution in [3.8, 4) is 5.75 Å². The van der Waals surface area contributed by atoms with Crippen LogP contribution in [0.5, 0.6) is 5.75 Å². The van der Waals surface area contributed by atoms with Gasteiger partial charge in [0.15, 0.2) is 0 Å². The van der Waals surface area contributed by atoms with Crippen LogP contribution in [0.1, 0.15) is 32.6 Å². The van der Waals surface area contributed by atoms with Gasteiger partial charge in [0.25, 0.3) is 0 Å². The van der Waals surface area contributed by atoms with Crippen LogP contribution in [0.2, 0.25) is 0 Å². The molecule has 1 aromatic rings. The molecule has 0 aliphatic carbocycles. The molecule has 1 aliphatic rings. The lowest BCUT2D eigenvalue weighted by Crippen LogP contribution is -2.44. The molecular formula is C15H23BO3. The molecule has 2 rings (SSSR count). The molecule has 0 amide bonds. The van der Waals surface area contributed by atoms with Crippen LogP contribution in [0, 0.1) is 5.92 Å². The van der Waals surface area contributed by atoms with Crippen LogP contribution >= 0.6 is 0 Å². The molecule has 1 aromatic carbocycles. The van der Waals surface area contributed by atoms with E-state index in [9.17, 15) is 0 Å². The minimum absolute atomic E-state index is 0.215. The molecule has 4 heteroatoms. The molecule has 0 radical (unpaired) electrons. The van der Waals surface area contributed by atoms with Gasteiger partial charge in [-0.15, -0.1) is 0 Å².